The van der Waals surface area contributed by atoms with E-state index in [9.17, 15) is 40.2 Å². The van der Waals surface area contributed by atoms with Crippen molar-refractivity contribution in [3.8, 4) is 17.2 Å². The van der Waals surface area contributed by atoms with Crippen LogP contribution in [0.2, 0.25) is 0 Å². The minimum atomic E-state index is -2.35. The summed E-state index contributed by atoms with van der Waals surface area (Å²) in [6, 6.07) is 2.28. The SMILES string of the molecule is O=C(/C=C/c1ccc(O)c(O)c1O)O[C@@H]1C[C@](O)(C(=O)O)C[C@@H](O)[C@H]1O. The second-order valence-electron chi connectivity index (χ2n) is 5.98. The van der Waals surface area contributed by atoms with Gasteiger partial charge in [0.2, 0.25) is 5.75 Å². The van der Waals surface area contributed by atoms with Crippen LogP contribution in [-0.2, 0) is 14.3 Å². The number of aliphatic carboxylic acids is 1. The normalized spacial score (nSPS) is 28.8. The summed E-state index contributed by atoms with van der Waals surface area (Å²) in [5.74, 6) is -4.69. The average molecular weight is 370 g/mol. The highest BCUT2D eigenvalue weighted by molar-refractivity contribution is 5.88. The van der Waals surface area contributed by atoms with Crippen LogP contribution in [0.1, 0.15) is 18.4 Å². The van der Waals surface area contributed by atoms with E-state index in [1.54, 1.807) is 0 Å². The van der Waals surface area contributed by atoms with Gasteiger partial charge in [0.25, 0.3) is 0 Å². The molecule has 2 rings (SSSR count). The van der Waals surface area contributed by atoms with Crippen molar-refractivity contribution >= 4 is 18.0 Å². The van der Waals surface area contributed by atoms with Crippen molar-refractivity contribution in [1.82, 2.24) is 0 Å². The zero-order chi connectivity index (χ0) is 19.6. The Bertz CT molecular complexity index is 743. The van der Waals surface area contributed by atoms with Crippen LogP contribution < -0.4 is 0 Å². The van der Waals surface area contributed by atoms with Crippen molar-refractivity contribution < 1.29 is 50.1 Å². The van der Waals surface area contributed by atoms with Crippen molar-refractivity contribution in [2.75, 3.05) is 0 Å². The van der Waals surface area contributed by atoms with Gasteiger partial charge in [-0.05, 0) is 18.2 Å². The van der Waals surface area contributed by atoms with Crippen LogP contribution in [0.5, 0.6) is 17.2 Å². The maximum atomic E-state index is 11.9. The molecule has 1 saturated carbocycles. The lowest BCUT2D eigenvalue weighted by atomic mass is 9.79. The Morgan fingerprint density at radius 2 is 1.77 bits per heavy atom. The van der Waals surface area contributed by atoms with Crippen LogP contribution in [0.4, 0.5) is 0 Å². The van der Waals surface area contributed by atoms with E-state index in [1.165, 1.54) is 6.07 Å². The summed E-state index contributed by atoms with van der Waals surface area (Å²) in [6.07, 6.45) is -4.04. The van der Waals surface area contributed by atoms with E-state index in [4.69, 9.17) is 9.84 Å². The highest BCUT2D eigenvalue weighted by Gasteiger charge is 2.50. The summed E-state index contributed by atoms with van der Waals surface area (Å²) < 4.78 is 4.88. The third-order valence-corrected chi connectivity index (χ3v) is 4.09. The molecule has 0 aliphatic heterocycles. The zero-order valence-electron chi connectivity index (χ0n) is 13.3. The molecule has 1 fully saturated rings. The molecule has 7 N–H and O–H groups in total. The molecule has 0 unspecified atom stereocenters. The third kappa shape index (κ3) is 3.87. The Balaban J connectivity index is 2.11. The van der Waals surface area contributed by atoms with Crippen molar-refractivity contribution in [3.63, 3.8) is 0 Å². The summed E-state index contributed by atoms with van der Waals surface area (Å²) in [5, 5.41) is 66.7. The van der Waals surface area contributed by atoms with Gasteiger partial charge in [-0.3, -0.25) is 0 Å². The van der Waals surface area contributed by atoms with E-state index >= 15 is 0 Å². The summed E-state index contributed by atoms with van der Waals surface area (Å²) in [4.78, 5) is 23.0. The van der Waals surface area contributed by atoms with Crippen molar-refractivity contribution in [2.45, 2.75) is 36.8 Å². The Labute approximate surface area is 146 Å². The fraction of sp³-hybridized carbons (Fsp3) is 0.375. The minimum Gasteiger partial charge on any atom is -0.504 e. The van der Waals surface area contributed by atoms with Crippen molar-refractivity contribution in [2.24, 2.45) is 0 Å². The maximum Gasteiger partial charge on any atom is 0.335 e. The number of aliphatic hydroxyl groups excluding tert-OH is 2. The number of rotatable bonds is 4. The summed E-state index contributed by atoms with van der Waals surface area (Å²) in [6.45, 7) is 0. The van der Waals surface area contributed by atoms with Gasteiger partial charge in [-0.15, -0.1) is 0 Å². The standard InChI is InChI=1S/C16H18O10/c17-8-3-1-7(12(20)14(8)22)2-4-11(19)26-10-6-16(25,15(23)24)5-9(18)13(10)21/h1-4,9-10,13,17-18,20-22,25H,5-6H2,(H,23,24)/b4-2+/t9-,10-,13-,16+/m1/s1. The highest BCUT2D eigenvalue weighted by atomic mass is 16.6. The van der Waals surface area contributed by atoms with Gasteiger partial charge in [0.05, 0.1) is 6.10 Å². The Morgan fingerprint density at radius 1 is 1.12 bits per heavy atom. The zero-order valence-corrected chi connectivity index (χ0v) is 13.3. The Hall–Kier alpha value is -2.82. The number of phenolic OH excluding ortho intramolecular Hbond substituents is 3. The Morgan fingerprint density at radius 3 is 2.38 bits per heavy atom. The molecule has 10 heteroatoms. The van der Waals surface area contributed by atoms with Gasteiger partial charge in [-0.1, -0.05) is 0 Å². The highest BCUT2D eigenvalue weighted by Crippen LogP contribution is 2.37. The number of esters is 1. The first kappa shape index (κ1) is 19.5. The molecular formula is C16H18O10. The molecule has 26 heavy (non-hydrogen) atoms. The molecule has 1 aromatic carbocycles. The molecule has 1 aliphatic rings. The number of carbonyl (C=O) groups excluding carboxylic acids is 1. The van der Waals surface area contributed by atoms with E-state index in [0.29, 0.717) is 0 Å². The molecule has 0 bridgehead atoms. The molecule has 10 nitrogen and oxygen atoms in total. The number of hydrogen-bond donors (Lipinski definition) is 7. The lowest BCUT2D eigenvalue weighted by Gasteiger charge is -2.39. The predicted octanol–water partition coefficient (Wildman–Crippen LogP) is -0.940. The lowest BCUT2D eigenvalue weighted by molar-refractivity contribution is -0.196. The van der Waals surface area contributed by atoms with E-state index in [2.05, 4.69) is 0 Å². The molecule has 0 amide bonds. The molecule has 4 atom stereocenters. The van der Waals surface area contributed by atoms with Gasteiger partial charge in [-0.25, -0.2) is 9.59 Å². The smallest absolute Gasteiger partial charge is 0.335 e. The first-order valence-corrected chi connectivity index (χ1v) is 7.49. The van der Waals surface area contributed by atoms with Crippen molar-refractivity contribution in [1.29, 1.82) is 0 Å². The van der Waals surface area contributed by atoms with E-state index < -0.39 is 65.9 Å². The summed E-state index contributed by atoms with van der Waals surface area (Å²) in [7, 11) is 0. The Kier molecular flexibility index (Phi) is 5.40. The second kappa shape index (κ2) is 7.20. The fourth-order valence-electron chi connectivity index (χ4n) is 2.60. The van der Waals surface area contributed by atoms with E-state index in [0.717, 1.165) is 18.2 Å². The molecule has 1 aliphatic carbocycles. The number of carbonyl (C=O) groups is 2. The van der Waals surface area contributed by atoms with Gasteiger partial charge >= 0.3 is 11.9 Å². The second-order valence-corrected chi connectivity index (χ2v) is 5.98. The largest absolute Gasteiger partial charge is 0.504 e. The van der Waals surface area contributed by atoms with E-state index in [-0.39, 0.29) is 5.56 Å². The molecule has 0 radical (unpaired) electrons. The fourth-order valence-corrected chi connectivity index (χ4v) is 2.60. The number of aliphatic hydroxyl groups is 3. The molecule has 0 saturated heterocycles. The molecule has 0 aromatic heterocycles. The van der Waals surface area contributed by atoms with Crippen molar-refractivity contribution in [3.05, 3.63) is 23.8 Å². The molecule has 0 spiro atoms. The lowest BCUT2D eigenvalue weighted by Crippen LogP contribution is -2.57. The van der Waals surface area contributed by atoms with Gasteiger partial charge in [-0.2, -0.15) is 0 Å². The third-order valence-electron chi connectivity index (χ3n) is 4.09. The number of phenols is 3. The number of carboxylic acid groups (broad SMARTS) is 1. The minimum absolute atomic E-state index is 0.0245. The van der Waals surface area contributed by atoms with Crippen LogP contribution in [0, 0.1) is 0 Å². The van der Waals surface area contributed by atoms with Crippen LogP contribution in [0.25, 0.3) is 6.08 Å². The quantitative estimate of drug-likeness (QED) is 0.198. The molecular weight excluding hydrogens is 352 g/mol. The van der Waals surface area contributed by atoms with Gasteiger partial charge < -0.3 is 40.5 Å². The van der Waals surface area contributed by atoms with Gasteiger partial charge in [0.1, 0.15) is 12.2 Å². The average Bonchev–Trinajstić information content (AvgIpc) is 2.56. The topological polar surface area (TPSA) is 185 Å². The maximum absolute atomic E-state index is 11.9. The first-order chi connectivity index (χ1) is 12.0. The summed E-state index contributed by atoms with van der Waals surface area (Å²) >= 11 is 0. The number of benzene rings is 1. The number of carboxylic acids is 1. The molecule has 142 valence electrons. The van der Waals surface area contributed by atoms with Crippen LogP contribution in [-0.4, -0.2) is 71.6 Å². The summed E-state index contributed by atoms with van der Waals surface area (Å²) in [5.41, 5.74) is -2.38. The number of ether oxygens (including phenoxy) is 1. The van der Waals surface area contributed by atoms with Gasteiger partial charge in [0.15, 0.2) is 17.1 Å². The monoisotopic (exact) mass is 370 g/mol. The van der Waals surface area contributed by atoms with Gasteiger partial charge in [0, 0.05) is 24.5 Å². The first-order valence-electron chi connectivity index (χ1n) is 7.49. The van der Waals surface area contributed by atoms with E-state index in [1.807, 2.05) is 0 Å². The number of aromatic hydroxyl groups is 3. The molecule has 0 heterocycles. The van der Waals surface area contributed by atoms with Crippen LogP contribution >= 0.6 is 0 Å². The van der Waals surface area contributed by atoms with Crippen LogP contribution in [0.3, 0.4) is 0 Å². The number of hydrogen-bond acceptors (Lipinski definition) is 9. The predicted molar refractivity (Wildman–Crippen MR) is 84.2 cm³/mol. The molecule has 1 aromatic rings. The van der Waals surface area contributed by atoms with Crippen LogP contribution in [0.15, 0.2) is 18.2 Å².